The molecule has 118 valence electrons. The predicted molar refractivity (Wildman–Crippen MR) is 85.3 cm³/mol. The second-order valence-electron chi connectivity index (χ2n) is 6.05. The first-order valence-corrected chi connectivity index (χ1v) is 7.76. The van der Waals surface area contributed by atoms with Gasteiger partial charge in [-0.1, -0.05) is 13.3 Å². The van der Waals surface area contributed by atoms with Gasteiger partial charge in [-0.05, 0) is 39.8 Å². The summed E-state index contributed by atoms with van der Waals surface area (Å²) in [4.78, 5) is 6.84. The van der Waals surface area contributed by atoms with E-state index in [1.807, 2.05) is 7.05 Å². The fourth-order valence-electron chi connectivity index (χ4n) is 2.51. The highest BCUT2D eigenvalue weighted by Crippen LogP contribution is 2.15. The standard InChI is InChI=1S/C15H32N4O/c1-6-19-10-8-7-9-13(19)11-17-14(16-4)18-12-15(2,3)20-5/h13H,6-12H2,1-5H3,(H2,16,17,18). The summed E-state index contributed by atoms with van der Waals surface area (Å²) in [6.07, 6.45) is 3.95. The normalized spacial score (nSPS) is 21.9. The summed E-state index contributed by atoms with van der Waals surface area (Å²) in [6, 6.07) is 0.628. The van der Waals surface area contributed by atoms with E-state index in [0.717, 1.165) is 25.6 Å². The highest BCUT2D eigenvalue weighted by molar-refractivity contribution is 5.79. The van der Waals surface area contributed by atoms with E-state index in [1.54, 1.807) is 7.11 Å². The molecule has 0 amide bonds. The molecule has 5 heteroatoms. The monoisotopic (exact) mass is 284 g/mol. The van der Waals surface area contributed by atoms with Crippen molar-refractivity contribution in [3.8, 4) is 0 Å². The topological polar surface area (TPSA) is 48.9 Å². The van der Waals surface area contributed by atoms with Crippen LogP contribution in [0.15, 0.2) is 4.99 Å². The number of hydrogen-bond acceptors (Lipinski definition) is 3. The molecule has 0 aromatic rings. The van der Waals surface area contributed by atoms with E-state index in [4.69, 9.17) is 4.74 Å². The molecule has 1 heterocycles. The molecule has 1 aliphatic heterocycles. The number of guanidine groups is 1. The van der Waals surface area contributed by atoms with E-state index in [2.05, 4.69) is 41.3 Å². The zero-order chi connectivity index (χ0) is 15.0. The largest absolute Gasteiger partial charge is 0.377 e. The number of likely N-dealkylation sites (tertiary alicyclic amines) is 1. The lowest BCUT2D eigenvalue weighted by Crippen LogP contribution is -2.51. The number of nitrogens with zero attached hydrogens (tertiary/aromatic N) is 2. The minimum Gasteiger partial charge on any atom is -0.377 e. The van der Waals surface area contributed by atoms with Crippen molar-refractivity contribution in [2.45, 2.75) is 51.7 Å². The Morgan fingerprint density at radius 1 is 1.35 bits per heavy atom. The molecule has 1 unspecified atom stereocenters. The third-order valence-corrected chi connectivity index (χ3v) is 4.12. The number of rotatable bonds is 6. The SMILES string of the molecule is CCN1CCCCC1CNC(=NC)NCC(C)(C)OC. The molecule has 0 radical (unpaired) electrons. The summed E-state index contributed by atoms with van der Waals surface area (Å²) in [6.45, 7) is 10.4. The van der Waals surface area contributed by atoms with Crippen LogP contribution in [0.4, 0.5) is 0 Å². The molecule has 1 saturated heterocycles. The molecular weight excluding hydrogens is 252 g/mol. The van der Waals surface area contributed by atoms with E-state index >= 15 is 0 Å². The second kappa shape index (κ2) is 8.47. The highest BCUT2D eigenvalue weighted by atomic mass is 16.5. The summed E-state index contributed by atoms with van der Waals surface area (Å²) >= 11 is 0. The van der Waals surface area contributed by atoms with Crippen LogP contribution in [0.5, 0.6) is 0 Å². The van der Waals surface area contributed by atoms with Gasteiger partial charge in [0, 0.05) is 33.3 Å². The number of hydrogen-bond donors (Lipinski definition) is 2. The van der Waals surface area contributed by atoms with Gasteiger partial charge < -0.3 is 15.4 Å². The van der Waals surface area contributed by atoms with Gasteiger partial charge in [0.2, 0.25) is 0 Å². The van der Waals surface area contributed by atoms with Gasteiger partial charge in [-0.2, -0.15) is 0 Å². The molecule has 1 atom stereocenters. The van der Waals surface area contributed by atoms with Gasteiger partial charge >= 0.3 is 0 Å². The van der Waals surface area contributed by atoms with Crippen molar-refractivity contribution >= 4 is 5.96 Å². The minimum absolute atomic E-state index is 0.183. The van der Waals surface area contributed by atoms with E-state index in [-0.39, 0.29) is 5.60 Å². The van der Waals surface area contributed by atoms with Crippen molar-refractivity contribution in [2.24, 2.45) is 4.99 Å². The van der Waals surface area contributed by atoms with Crippen molar-refractivity contribution < 1.29 is 4.74 Å². The van der Waals surface area contributed by atoms with Crippen LogP contribution in [0, 0.1) is 0 Å². The summed E-state index contributed by atoms with van der Waals surface area (Å²) in [5.41, 5.74) is -0.183. The summed E-state index contributed by atoms with van der Waals surface area (Å²) < 4.78 is 5.41. The highest BCUT2D eigenvalue weighted by Gasteiger charge is 2.21. The maximum atomic E-state index is 5.41. The Morgan fingerprint density at radius 2 is 2.10 bits per heavy atom. The number of methoxy groups -OCH3 is 1. The Morgan fingerprint density at radius 3 is 2.70 bits per heavy atom. The van der Waals surface area contributed by atoms with Crippen LogP contribution in [0.1, 0.15) is 40.0 Å². The van der Waals surface area contributed by atoms with E-state index in [0.29, 0.717) is 6.04 Å². The Labute approximate surface area is 124 Å². The molecule has 1 rings (SSSR count). The lowest BCUT2D eigenvalue weighted by molar-refractivity contribution is 0.0268. The molecule has 0 spiro atoms. The minimum atomic E-state index is -0.183. The van der Waals surface area contributed by atoms with Gasteiger partial charge in [0.15, 0.2) is 5.96 Å². The fourth-order valence-corrected chi connectivity index (χ4v) is 2.51. The molecule has 2 N–H and O–H groups in total. The lowest BCUT2D eigenvalue weighted by atomic mass is 10.0. The first-order chi connectivity index (χ1) is 9.52. The van der Waals surface area contributed by atoms with Crippen LogP contribution >= 0.6 is 0 Å². The van der Waals surface area contributed by atoms with Crippen LogP contribution in [0.2, 0.25) is 0 Å². The predicted octanol–water partition coefficient (Wildman–Crippen LogP) is 1.45. The maximum absolute atomic E-state index is 5.41. The van der Waals surface area contributed by atoms with Gasteiger partial charge in [0.25, 0.3) is 0 Å². The van der Waals surface area contributed by atoms with Gasteiger partial charge in [0.05, 0.1) is 5.60 Å². The molecule has 5 nitrogen and oxygen atoms in total. The number of ether oxygens (including phenoxy) is 1. The third kappa shape index (κ3) is 5.67. The molecular formula is C15H32N4O. The van der Waals surface area contributed by atoms with Crippen LogP contribution in [0.3, 0.4) is 0 Å². The van der Waals surface area contributed by atoms with Crippen molar-refractivity contribution in [1.29, 1.82) is 0 Å². The van der Waals surface area contributed by atoms with Crippen molar-refractivity contribution in [3.05, 3.63) is 0 Å². The summed E-state index contributed by atoms with van der Waals surface area (Å²) in [7, 11) is 3.55. The van der Waals surface area contributed by atoms with E-state index in [1.165, 1.54) is 25.8 Å². The van der Waals surface area contributed by atoms with Gasteiger partial charge in [-0.3, -0.25) is 9.89 Å². The molecule has 0 aromatic carbocycles. The van der Waals surface area contributed by atoms with Crippen molar-refractivity contribution in [1.82, 2.24) is 15.5 Å². The van der Waals surface area contributed by atoms with Gasteiger partial charge in [-0.25, -0.2) is 0 Å². The fraction of sp³-hybridized carbons (Fsp3) is 0.933. The third-order valence-electron chi connectivity index (χ3n) is 4.12. The molecule has 1 aliphatic rings. The number of piperidine rings is 1. The molecule has 0 bridgehead atoms. The van der Waals surface area contributed by atoms with Crippen LogP contribution < -0.4 is 10.6 Å². The first kappa shape index (κ1) is 17.2. The molecule has 0 saturated carbocycles. The van der Waals surface area contributed by atoms with Crippen LogP contribution in [-0.2, 0) is 4.74 Å². The number of aliphatic imine (C=N–C) groups is 1. The smallest absolute Gasteiger partial charge is 0.191 e. The maximum Gasteiger partial charge on any atom is 0.191 e. The second-order valence-corrected chi connectivity index (χ2v) is 6.05. The van der Waals surface area contributed by atoms with E-state index < -0.39 is 0 Å². The quantitative estimate of drug-likeness (QED) is 0.572. The first-order valence-electron chi connectivity index (χ1n) is 7.76. The molecule has 1 fully saturated rings. The molecule has 0 aliphatic carbocycles. The van der Waals surface area contributed by atoms with Crippen LogP contribution in [-0.4, -0.2) is 62.8 Å². The zero-order valence-electron chi connectivity index (χ0n) is 13.8. The van der Waals surface area contributed by atoms with E-state index in [9.17, 15) is 0 Å². The van der Waals surface area contributed by atoms with Crippen LogP contribution in [0.25, 0.3) is 0 Å². The number of nitrogens with one attached hydrogen (secondary N) is 2. The Hall–Kier alpha value is -0.810. The van der Waals surface area contributed by atoms with Crippen molar-refractivity contribution in [2.75, 3.05) is 40.3 Å². The van der Waals surface area contributed by atoms with Crippen molar-refractivity contribution in [3.63, 3.8) is 0 Å². The molecule has 0 aromatic heterocycles. The van der Waals surface area contributed by atoms with Gasteiger partial charge in [0.1, 0.15) is 0 Å². The number of likely N-dealkylation sites (N-methyl/N-ethyl adjacent to an activating group) is 1. The average molecular weight is 284 g/mol. The summed E-state index contributed by atoms with van der Waals surface area (Å²) in [5, 5.41) is 6.77. The average Bonchev–Trinajstić information content (AvgIpc) is 2.47. The molecule has 20 heavy (non-hydrogen) atoms. The van der Waals surface area contributed by atoms with Gasteiger partial charge in [-0.15, -0.1) is 0 Å². The Balaban J connectivity index is 2.37. The lowest BCUT2D eigenvalue weighted by Gasteiger charge is -2.35. The summed E-state index contributed by atoms with van der Waals surface area (Å²) in [5.74, 6) is 0.858. The Kier molecular flexibility index (Phi) is 7.30. The Bertz CT molecular complexity index is 304. The zero-order valence-corrected chi connectivity index (χ0v) is 13.8.